The highest BCUT2D eigenvalue weighted by atomic mass is 32.1. The summed E-state index contributed by atoms with van der Waals surface area (Å²) in [6, 6.07) is 1.91. The monoisotopic (exact) mass is 202 g/mol. The van der Waals surface area contributed by atoms with Crippen LogP contribution in [-0.4, -0.2) is 0 Å². The molecule has 1 aromatic rings. The molecule has 0 aliphatic carbocycles. The van der Waals surface area contributed by atoms with Crippen molar-refractivity contribution in [2.24, 2.45) is 0 Å². The standard InChI is InChI=1S/C8H10S3/c1-4-5(2)8(11)7(10)3-6(4)9/h3,9-11H,1-2H3. The van der Waals surface area contributed by atoms with E-state index in [1.807, 2.05) is 19.9 Å². The molecular formula is C8H10S3. The number of rotatable bonds is 0. The Morgan fingerprint density at radius 2 is 1.45 bits per heavy atom. The van der Waals surface area contributed by atoms with E-state index >= 15 is 0 Å². The highest BCUT2D eigenvalue weighted by Crippen LogP contribution is 2.29. The lowest BCUT2D eigenvalue weighted by Crippen LogP contribution is -1.86. The summed E-state index contributed by atoms with van der Waals surface area (Å²) in [5.41, 5.74) is 2.34. The third-order valence-corrected chi connectivity index (χ3v) is 3.39. The molecule has 1 rings (SSSR count). The molecule has 0 bridgehead atoms. The summed E-state index contributed by atoms with van der Waals surface area (Å²) in [5, 5.41) is 0. The van der Waals surface area contributed by atoms with Gasteiger partial charge in [0.05, 0.1) is 0 Å². The molecule has 0 saturated carbocycles. The Bertz CT molecular complexity index is 266. The molecule has 0 radical (unpaired) electrons. The third kappa shape index (κ3) is 1.71. The van der Waals surface area contributed by atoms with Crippen molar-refractivity contribution >= 4 is 37.9 Å². The zero-order valence-electron chi connectivity index (χ0n) is 6.42. The summed E-state index contributed by atoms with van der Waals surface area (Å²) in [6.07, 6.45) is 0. The van der Waals surface area contributed by atoms with E-state index < -0.39 is 0 Å². The van der Waals surface area contributed by atoms with Gasteiger partial charge in [0.2, 0.25) is 0 Å². The van der Waals surface area contributed by atoms with Crippen molar-refractivity contribution in [2.75, 3.05) is 0 Å². The van der Waals surface area contributed by atoms with E-state index in [0.29, 0.717) is 0 Å². The van der Waals surface area contributed by atoms with Gasteiger partial charge in [-0.25, -0.2) is 0 Å². The minimum Gasteiger partial charge on any atom is -0.143 e. The van der Waals surface area contributed by atoms with Gasteiger partial charge in [-0.2, -0.15) is 0 Å². The highest BCUT2D eigenvalue weighted by molar-refractivity contribution is 7.83. The smallest absolute Gasteiger partial charge is 0.0207 e. The summed E-state index contributed by atoms with van der Waals surface area (Å²) in [4.78, 5) is 2.82. The molecule has 3 heteroatoms. The van der Waals surface area contributed by atoms with Crippen molar-refractivity contribution in [1.82, 2.24) is 0 Å². The van der Waals surface area contributed by atoms with Gasteiger partial charge in [0.15, 0.2) is 0 Å². The second-order valence-electron chi connectivity index (χ2n) is 2.51. The average Bonchev–Trinajstić information content (AvgIpc) is 1.97. The van der Waals surface area contributed by atoms with Gasteiger partial charge in [0, 0.05) is 14.7 Å². The van der Waals surface area contributed by atoms with Gasteiger partial charge in [-0.05, 0) is 31.0 Å². The predicted octanol–water partition coefficient (Wildman–Crippen LogP) is 3.17. The van der Waals surface area contributed by atoms with Gasteiger partial charge >= 0.3 is 0 Å². The zero-order chi connectivity index (χ0) is 8.59. The number of hydrogen-bond donors (Lipinski definition) is 3. The highest BCUT2D eigenvalue weighted by Gasteiger charge is 2.04. The maximum atomic E-state index is 4.32. The van der Waals surface area contributed by atoms with E-state index in [9.17, 15) is 0 Å². The third-order valence-electron chi connectivity index (χ3n) is 1.82. The SMILES string of the molecule is Cc1c(S)cc(S)c(S)c1C. The average molecular weight is 202 g/mol. The van der Waals surface area contributed by atoms with E-state index in [1.165, 1.54) is 5.56 Å². The Labute approximate surface area is 83.6 Å². The lowest BCUT2D eigenvalue weighted by molar-refractivity contribution is 1.08. The van der Waals surface area contributed by atoms with Crippen LogP contribution in [0.25, 0.3) is 0 Å². The molecule has 0 atom stereocenters. The van der Waals surface area contributed by atoms with Crippen LogP contribution in [0.2, 0.25) is 0 Å². The van der Waals surface area contributed by atoms with Crippen LogP contribution in [0.15, 0.2) is 20.8 Å². The molecule has 1 aromatic carbocycles. The Hall–Kier alpha value is 0.270. The second kappa shape index (κ2) is 3.33. The Balaban J connectivity index is 3.46. The molecule has 0 N–H and O–H groups in total. The van der Waals surface area contributed by atoms with E-state index in [0.717, 1.165) is 20.2 Å². The Morgan fingerprint density at radius 1 is 0.909 bits per heavy atom. The zero-order valence-corrected chi connectivity index (χ0v) is 9.10. The fourth-order valence-corrected chi connectivity index (χ4v) is 1.80. The van der Waals surface area contributed by atoms with Crippen LogP contribution in [-0.2, 0) is 0 Å². The molecule has 60 valence electrons. The normalized spacial score (nSPS) is 10.3. The van der Waals surface area contributed by atoms with Gasteiger partial charge < -0.3 is 0 Å². The van der Waals surface area contributed by atoms with Crippen molar-refractivity contribution in [2.45, 2.75) is 28.5 Å². The molecule has 0 saturated heterocycles. The van der Waals surface area contributed by atoms with E-state index in [-0.39, 0.29) is 0 Å². The Morgan fingerprint density at radius 3 is 2.00 bits per heavy atom. The molecule has 0 aliphatic heterocycles. The first-order valence-corrected chi connectivity index (χ1v) is 4.59. The fraction of sp³-hybridized carbons (Fsp3) is 0.250. The predicted molar refractivity (Wildman–Crippen MR) is 57.7 cm³/mol. The summed E-state index contributed by atoms with van der Waals surface area (Å²) in [7, 11) is 0. The summed E-state index contributed by atoms with van der Waals surface area (Å²) in [5.74, 6) is 0. The molecule has 0 aliphatic rings. The van der Waals surface area contributed by atoms with Crippen molar-refractivity contribution in [3.8, 4) is 0 Å². The van der Waals surface area contributed by atoms with E-state index in [1.54, 1.807) is 0 Å². The minimum absolute atomic E-state index is 0.890. The number of hydrogen-bond acceptors (Lipinski definition) is 3. The van der Waals surface area contributed by atoms with Crippen LogP contribution in [0.4, 0.5) is 0 Å². The first kappa shape index (κ1) is 9.36. The van der Waals surface area contributed by atoms with E-state index in [2.05, 4.69) is 37.9 Å². The Kier molecular flexibility index (Phi) is 2.84. The molecule has 11 heavy (non-hydrogen) atoms. The van der Waals surface area contributed by atoms with E-state index in [4.69, 9.17) is 0 Å². The van der Waals surface area contributed by atoms with Crippen LogP contribution >= 0.6 is 37.9 Å². The molecular weight excluding hydrogens is 192 g/mol. The van der Waals surface area contributed by atoms with Crippen molar-refractivity contribution < 1.29 is 0 Å². The largest absolute Gasteiger partial charge is 0.143 e. The van der Waals surface area contributed by atoms with Gasteiger partial charge in [0.1, 0.15) is 0 Å². The van der Waals surface area contributed by atoms with Crippen LogP contribution in [0.5, 0.6) is 0 Å². The quantitative estimate of drug-likeness (QED) is 0.529. The van der Waals surface area contributed by atoms with Crippen LogP contribution in [0, 0.1) is 13.8 Å². The van der Waals surface area contributed by atoms with Crippen LogP contribution in [0.3, 0.4) is 0 Å². The molecule has 0 fully saturated rings. The number of benzene rings is 1. The van der Waals surface area contributed by atoms with Crippen molar-refractivity contribution in [3.63, 3.8) is 0 Å². The second-order valence-corrected chi connectivity index (χ2v) is 3.92. The lowest BCUT2D eigenvalue weighted by atomic mass is 10.1. The maximum absolute atomic E-state index is 4.32. The molecule has 0 aromatic heterocycles. The maximum Gasteiger partial charge on any atom is 0.0207 e. The number of thiol groups is 3. The first-order chi connectivity index (χ1) is 5.04. The van der Waals surface area contributed by atoms with Gasteiger partial charge in [-0.1, -0.05) is 0 Å². The lowest BCUT2D eigenvalue weighted by Gasteiger charge is -2.08. The van der Waals surface area contributed by atoms with Gasteiger partial charge in [-0.15, -0.1) is 37.9 Å². The summed E-state index contributed by atoms with van der Waals surface area (Å²) in [6.45, 7) is 4.06. The molecule has 0 heterocycles. The molecule has 0 unspecified atom stereocenters. The van der Waals surface area contributed by atoms with Gasteiger partial charge in [0.25, 0.3) is 0 Å². The van der Waals surface area contributed by atoms with Crippen molar-refractivity contribution in [1.29, 1.82) is 0 Å². The summed E-state index contributed by atoms with van der Waals surface area (Å²) >= 11 is 12.9. The topological polar surface area (TPSA) is 0 Å². The van der Waals surface area contributed by atoms with Gasteiger partial charge in [-0.3, -0.25) is 0 Å². The molecule has 0 amide bonds. The summed E-state index contributed by atoms with van der Waals surface area (Å²) < 4.78 is 0. The first-order valence-electron chi connectivity index (χ1n) is 3.25. The molecule has 0 spiro atoms. The van der Waals surface area contributed by atoms with Crippen LogP contribution in [0.1, 0.15) is 11.1 Å². The molecule has 0 nitrogen and oxygen atoms in total. The van der Waals surface area contributed by atoms with Crippen LogP contribution < -0.4 is 0 Å². The fourth-order valence-electron chi connectivity index (χ4n) is 0.868. The minimum atomic E-state index is 0.890. The van der Waals surface area contributed by atoms with Crippen molar-refractivity contribution in [3.05, 3.63) is 17.2 Å².